The normalized spacial score (nSPS) is 15.3. The van der Waals surface area contributed by atoms with Crippen LogP contribution in [0.1, 0.15) is 12.7 Å². The molecule has 1 aliphatic rings. The van der Waals surface area contributed by atoms with E-state index in [-0.39, 0.29) is 6.03 Å². The molecule has 1 N–H and O–H groups in total. The smallest absolute Gasteiger partial charge is 0.321 e. The van der Waals surface area contributed by atoms with E-state index in [1.165, 1.54) is 0 Å². The quantitative estimate of drug-likeness (QED) is 0.916. The molecule has 1 saturated heterocycles. The van der Waals surface area contributed by atoms with Crippen LogP contribution in [0.3, 0.4) is 0 Å². The van der Waals surface area contributed by atoms with Crippen molar-refractivity contribution in [2.24, 2.45) is 0 Å². The summed E-state index contributed by atoms with van der Waals surface area (Å²) in [4.78, 5) is 16.5. The lowest BCUT2D eigenvalue weighted by molar-refractivity contribution is 0.137. The van der Waals surface area contributed by atoms with Gasteiger partial charge in [0.1, 0.15) is 11.5 Å². The van der Waals surface area contributed by atoms with Crippen molar-refractivity contribution >= 4 is 11.7 Å². The molecule has 2 aromatic rings. The van der Waals surface area contributed by atoms with Crippen molar-refractivity contribution < 1.29 is 13.9 Å². The molecule has 1 aromatic carbocycles. The monoisotopic (exact) mass is 329 g/mol. The van der Waals surface area contributed by atoms with Crippen LogP contribution in [0.25, 0.3) is 0 Å². The summed E-state index contributed by atoms with van der Waals surface area (Å²) in [5, 5.41) is 2.94. The van der Waals surface area contributed by atoms with Crippen LogP contribution in [0, 0.1) is 0 Å². The fraction of sp³-hybridized carbons (Fsp3) is 0.389. The predicted octanol–water partition coefficient (Wildman–Crippen LogP) is 3.03. The Labute approximate surface area is 142 Å². The lowest BCUT2D eigenvalue weighted by Gasteiger charge is -2.34. The van der Waals surface area contributed by atoms with E-state index in [1.807, 2.05) is 48.2 Å². The summed E-state index contributed by atoms with van der Waals surface area (Å²) < 4.78 is 10.8. The zero-order chi connectivity index (χ0) is 16.8. The molecule has 1 fully saturated rings. The number of furan rings is 1. The van der Waals surface area contributed by atoms with Crippen molar-refractivity contribution in [2.45, 2.75) is 13.5 Å². The van der Waals surface area contributed by atoms with Crippen molar-refractivity contribution in [3.63, 3.8) is 0 Å². The number of urea groups is 1. The van der Waals surface area contributed by atoms with E-state index in [0.29, 0.717) is 19.7 Å². The van der Waals surface area contributed by atoms with Crippen molar-refractivity contribution in [2.75, 3.05) is 38.1 Å². The third-order valence-corrected chi connectivity index (χ3v) is 4.04. The summed E-state index contributed by atoms with van der Waals surface area (Å²) in [6, 6.07) is 11.3. The predicted molar refractivity (Wildman–Crippen MR) is 92.2 cm³/mol. The van der Waals surface area contributed by atoms with Crippen LogP contribution in [0.15, 0.2) is 47.1 Å². The first-order chi connectivity index (χ1) is 11.7. The van der Waals surface area contributed by atoms with E-state index in [4.69, 9.17) is 9.15 Å². The minimum atomic E-state index is -0.0585. The van der Waals surface area contributed by atoms with Crippen LogP contribution < -0.4 is 10.1 Å². The number of nitrogens with one attached hydrogen (secondary N) is 1. The van der Waals surface area contributed by atoms with Gasteiger partial charge >= 0.3 is 6.03 Å². The molecule has 0 saturated carbocycles. The summed E-state index contributed by atoms with van der Waals surface area (Å²) in [6.07, 6.45) is 1.69. The Morgan fingerprint density at radius 1 is 1.17 bits per heavy atom. The van der Waals surface area contributed by atoms with Crippen molar-refractivity contribution in [3.8, 4) is 5.75 Å². The zero-order valence-corrected chi connectivity index (χ0v) is 13.9. The summed E-state index contributed by atoms with van der Waals surface area (Å²) in [5.74, 6) is 1.77. The van der Waals surface area contributed by atoms with E-state index in [0.717, 1.165) is 36.8 Å². The Bertz CT molecular complexity index is 632. The SMILES string of the molecule is CCOc1ccc(NC(=O)N2CCN(Cc3ccco3)CC2)cc1. The van der Waals surface area contributed by atoms with Crippen LogP contribution in [0.4, 0.5) is 10.5 Å². The fourth-order valence-corrected chi connectivity index (χ4v) is 2.74. The van der Waals surface area contributed by atoms with Gasteiger partial charge in [0.2, 0.25) is 0 Å². The molecule has 0 radical (unpaired) electrons. The van der Waals surface area contributed by atoms with Gasteiger partial charge in [-0.15, -0.1) is 0 Å². The standard InChI is InChI=1S/C18H23N3O3/c1-2-23-16-7-5-15(6-8-16)19-18(22)21-11-9-20(10-12-21)14-17-4-3-13-24-17/h3-8,13H,2,9-12,14H2,1H3,(H,19,22). The Balaban J connectivity index is 1.46. The first-order valence-electron chi connectivity index (χ1n) is 8.28. The average Bonchev–Trinajstić information content (AvgIpc) is 3.10. The molecule has 2 heterocycles. The average molecular weight is 329 g/mol. The van der Waals surface area contributed by atoms with Gasteiger partial charge in [-0.25, -0.2) is 4.79 Å². The highest BCUT2D eigenvalue weighted by Gasteiger charge is 2.21. The molecule has 0 unspecified atom stereocenters. The van der Waals surface area contributed by atoms with E-state index < -0.39 is 0 Å². The number of hydrogen-bond donors (Lipinski definition) is 1. The second-order valence-corrected chi connectivity index (χ2v) is 5.73. The van der Waals surface area contributed by atoms with Crippen molar-refractivity contribution in [1.82, 2.24) is 9.80 Å². The van der Waals surface area contributed by atoms with Gasteiger partial charge in [-0.2, -0.15) is 0 Å². The second kappa shape index (κ2) is 7.88. The molecule has 24 heavy (non-hydrogen) atoms. The molecule has 1 aliphatic heterocycles. The molecule has 0 aliphatic carbocycles. The Hall–Kier alpha value is -2.47. The molecular weight excluding hydrogens is 306 g/mol. The number of amides is 2. The molecule has 128 valence electrons. The van der Waals surface area contributed by atoms with E-state index >= 15 is 0 Å². The second-order valence-electron chi connectivity index (χ2n) is 5.73. The minimum absolute atomic E-state index is 0.0585. The van der Waals surface area contributed by atoms with Crippen LogP contribution >= 0.6 is 0 Å². The first-order valence-corrected chi connectivity index (χ1v) is 8.28. The Morgan fingerprint density at radius 3 is 2.54 bits per heavy atom. The van der Waals surface area contributed by atoms with Gasteiger partial charge in [-0.1, -0.05) is 0 Å². The van der Waals surface area contributed by atoms with Gasteiger partial charge in [0.05, 0.1) is 19.4 Å². The number of nitrogens with zero attached hydrogens (tertiary/aromatic N) is 2. The van der Waals surface area contributed by atoms with Crippen LogP contribution in [0.2, 0.25) is 0 Å². The largest absolute Gasteiger partial charge is 0.494 e. The summed E-state index contributed by atoms with van der Waals surface area (Å²) >= 11 is 0. The number of rotatable bonds is 5. The number of carbonyl (C=O) groups excluding carboxylic acids is 1. The highest BCUT2D eigenvalue weighted by Crippen LogP contribution is 2.16. The van der Waals surface area contributed by atoms with Crippen LogP contribution in [0.5, 0.6) is 5.75 Å². The Morgan fingerprint density at radius 2 is 1.92 bits per heavy atom. The lowest BCUT2D eigenvalue weighted by Crippen LogP contribution is -2.49. The maximum Gasteiger partial charge on any atom is 0.321 e. The third-order valence-electron chi connectivity index (χ3n) is 4.04. The van der Waals surface area contributed by atoms with Gasteiger partial charge in [0, 0.05) is 31.9 Å². The number of ether oxygens (including phenoxy) is 1. The van der Waals surface area contributed by atoms with Gasteiger partial charge < -0.3 is 19.4 Å². The topological polar surface area (TPSA) is 58.0 Å². The zero-order valence-electron chi connectivity index (χ0n) is 13.9. The highest BCUT2D eigenvalue weighted by atomic mass is 16.5. The summed E-state index contributed by atoms with van der Waals surface area (Å²) in [7, 11) is 0. The number of carbonyl (C=O) groups is 1. The number of hydrogen-bond acceptors (Lipinski definition) is 4. The first kappa shape index (κ1) is 16.4. The van der Waals surface area contributed by atoms with Gasteiger partial charge in [0.15, 0.2) is 0 Å². The van der Waals surface area contributed by atoms with E-state index in [1.54, 1.807) is 6.26 Å². The highest BCUT2D eigenvalue weighted by molar-refractivity contribution is 5.89. The number of benzene rings is 1. The fourth-order valence-electron chi connectivity index (χ4n) is 2.74. The van der Waals surface area contributed by atoms with Gasteiger partial charge in [-0.3, -0.25) is 4.90 Å². The summed E-state index contributed by atoms with van der Waals surface area (Å²) in [5.41, 5.74) is 0.779. The molecule has 2 amide bonds. The molecular formula is C18H23N3O3. The third kappa shape index (κ3) is 4.29. The molecule has 0 bridgehead atoms. The van der Waals surface area contributed by atoms with Gasteiger partial charge in [-0.05, 0) is 43.3 Å². The molecule has 6 nitrogen and oxygen atoms in total. The maximum absolute atomic E-state index is 12.3. The number of anilines is 1. The van der Waals surface area contributed by atoms with E-state index in [2.05, 4.69) is 10.2 Å². The maximum atomic E-state index is 12.3. The van der Waals surface area contributed by atoms with Gasteiger partial charge in [0.25, 0.3) is 0 Å². The van der Waals surface area contributed by atoms with Crippen molar-refractivity contribution in [1.29, 1.82) is 0 Å². The minimum Gasteiger partial charge on any atom is -0.494 e. The summed E-state index contributed by atoms with van der Waals surface area (Å²) in [6.45, 7) is 6.48. The molecule has 1 aromatic heterocycles. The molecule has 0 atom stereocenters. The molecule has 3 rings (SSSR count). The Kier molecular flexibility index (Phi) is 5.38. The molecule has 0 spiro atoms. The lowest BCUT2D eigenvalue weighted by atomic mass is 10.3. The van der Waals surface area contributed by atoms with Crippen LogP contribution in [-0.4, -0.2) is 48.6 Å². The van der Waals surface area contributed by atoms with Crippen LogP contribution in [-0.2, 0) is 6.54 Å². The van der Waals surface area contributed by atoms with E-state index in [9.17, 15) is 4.79 Å². The molecule has 6 heteroatoms. The van der Waals surface area contributed by atoms with Crippen molar-refractivity contribution in [3.05, 3.63) is 48.4 Å². The number of piperazine rings is 1.